The number of hydrogen-bond donors (Lipinski definition) is 6. The number of carbonyl (C=O) groups is 1. The second-order valence-electron chi connectivity index (χ2n) is 9.25. The Kier molecular flexibility index (Phi) is 8.68. The van der Waals surface area contributed by atoms with Gasteiger partial charge in [-0.05, 0) is 12.8 Å². The molecule has 0 unspecified atom stereocenters. The average Bonchev–Trinajstić information content (AvgIpc) is 3.45. The van der Waals surface area contributed by atoms with E-state index in [1.807, 2.05) is 4.90 Å². The summed E-state index contributed by atoms with van der Waals surface area (Å²) in [4.78, 5) is 41.2. The van der Waals surface area contributed by atoms with E-state index in [9.17, 15) is 24.9 Å². The van der Waals surface area contributed by atoms with E-state index in [1.165, 1.54) is 35.1 Å². The van der Waals surface area contributed by atoms with Gasteiger partial charge in [-0.2, -0.15) is 4.98 Å². The standard InChI is InChI=1S/C22H32N10O7/c1-38-10-31-7-11(17(24)29-22(31)37)6-30(4-2-12(23)21(35)36)5-3-13-15(33)16(34)20(39-13)32-9-28-14-18(25)26-8-27-19(14)32/h7-9,12-13,15-16,20,33-34H,2-6,10,23H2,1H3,(H,35,36)(H2,24,29,37)(H2,25,26,27)/t12-,13+,15+,16+,20+/m0/s1. The maximum absolute atomic E-state index is 12.1. The third-order valence-corrected chi connectivity index (χ3v) is 6.57. The van der Waals surface area contributed by atoms with Crippen LogP contribution in [0.25, 0.3) is 11.2 Å². The highest BCUT2D eigenvalue weighted by Crippen LogP contribution is 2.33. The van der Waals surface area contributed by atoms with Gasteiger partial charge in [0.05, 0.1) is 12.4 Å². The first kappa shape index (κ1) is 28.3. The van der Waals surface area contributed by atoms with E-state index in [-0.39, 0.29) is 44.3 Å². The van der Waals surface area contributed by atoms with Crippen LogP contribution in [0.3, 0.4) is 0 Å². The first-order valence-corrected chi connectivity index (χ1v) is 12.1. The minimum atomic E-state index is -1.28. The number of anilines is 2. The highest BCUT2D eigenvalue weighted by Gasteiger charge is 2.44. The van der Waals surface area contributed by atoms with Gasteiger partial charge < -0.3 is 42.0 Å². The van der Waals surface area contributed by atoms with E-state index in [0.717, 1.165) is 0 Å². The van der Waals surface area contributed by atoms with Gasteiger partial charge in [0.15, 0.2) is 17.7 Å². The molecule has 0 spiro atoms. The van der Waals surface area contributed by atoms with E-state index in [1.54, 1.807) is 0 Å². The molecule has 0 aliphatic carbocycles. The lowest BCUT2D eigenvalue weighted by Crippen LogP contribution is -2.38. The van der Waals surface area contributed by atoms with Crippen LogP contribution < -0.4 is 22.9 Å². The lowest BCUT2D eigenvalue weighted by molar-refractivity contribution is -0.138. The fourth-order valence-corrected chi connectivity index (χ4v) is 4.42. The van der Waals surface area contributed by atoms with Crippen molar-refractivity contribution in [3.63, 3.8) is 0 Å². The van der Waals surface area contributed by atoms with Crippen molar-refractivity contribution in [2.24, 2.45) is 5.73 Å². The summed E-state index contributed by atoms with van der Waals surface area (Å²) in [7, 11) is 1.44. The second-order valence-corrected chi connectivity index (χ2v) is 9.25. The topological polar surface area (TPSA) is 256 Å². The second kappa shape index (κ2) is 12.0. The van der Waals surface area contributed by atoms with Crippen LogP contribution in [0.1, 0.15) is 24.6 Å². The number of carboxylic acid groups (broad SMARTS) is 1. The van der Waals surface area contributed by atoms with Crippen LogP contribution >= 0.6 is 0 Å². The minimum Gasteiger partial charge on any atom is -0.480 e. The summed E-state index contributed by atoms with van der Waals surface area (Å²) >= 11 is 0. The first-order valence-electron chi connectivity index (χ1n) is 12.1. The van der Waals surface area contributed by atoms with Crippen molar-refractivity contribution in [2.75, 3.05) is 31.7 Å². The number of nitrogens with zero attached hydrogens (tertiary/aromatic N) is 7. The number of carboxylic acids is 1. The first-order chi connectivity index (χ1) is 18.6. The maximum Gasteiger partial charge on any atom is 0.351 e. The molecule has 4 rings (SSSR count). The zero-order valence-corrected chi connectivity index (χ0v) is 21.2. The quantitative estimate of drug-likeness (QED) is 0.136. The largest absolute Gasteiger partial charge is 0.480 e. The SMILES string of the molecule is COCn1cc(CN(CC[C@H](N)C(=O)O)CC[C@H]2O[C@@H](n3cnc4c(N)ncnc43)[C@H](O)[C@@H]2O)c(N)nc1=O. The molecule has 39 heavy (non-hydrogen) atoms. The van der Waals surface area contributed by atoms with Crippen molar-refractivity contribution >= 4 is 28.8 Å². The van der Waals surface area contributed by atoms with Crippen LogP contribution in [0, 0.1) is 0 Å². The van der Waals surface area contributed by atoms with Crippen LogP contribution in [0.4, 0.5) is 11.6 Å². The smallest absolute Gasteiger partial charge is 0.351 e. The van der Waals surface area contributed by atoms with Gasteiger partial charge >= 0.3 is 11.7 Å². The number of hydrogen-bond acceptors (Lipinski definition) is 14. The Morgan fingerprint density at radius 2 is 1.97 bits per heavy atom. The van der Waals surface area contributed by atoms with Crippen molar-refractivity contribution in [3.05, 3.63) is 34.9 Å². The molecule has 212 valence electrons. The Hall–Kier alpha value is -3.74. The summed E-state index contributed by atoms with van der Waals surface area (Å²) in [6, 6.07) is -1.09. The number of aliphatic carboxylic acids is 1. The van der Waals surface area contributed by atoms with Crippen LogP contribution in [-0.2, 0) is 27.5 Å². The molecule has 1 aliphatic rings. The average molecular weight is 549 g/mol. The Morgan fingerprint density at radius 3 is 2.69 bits per heavy atom. The van der Waals surface area contributed by atoms with E-state index in [2.05, 4.69) is 19.9 Å². The molecule has 3 aromatic heterocycles. The van der Waals surface area contributed by atoms with E-state index in [4.69, 9.17) is 26.7 Å². The monoisotopic (exact) mass is 548 g/mol. The van der Waals surface area contributed by atoms with Gasteiger partial charge in [-0.15, -0.1) is 0 Å². The molecule has 17 nitrogen and oxygen atoms in total. The molecule has 0 amide bonds. The zero-order valence-electron chi connectivity index (χ0n) is 21.2. The molecule has 0 bridgehead atoms. The third-order valence-electron chi connectivity index (χ3n) is 6.57. The molecule has 1 fully saturated rings. The molecule has 0 saturated carbocycles. The van der Waals surface area contributed by atoms with Gasteiger partial charge in [0.1, 0.15) is 42.6 Å². The molecule has 4 heterocycles. The van der Waals surface area contributed by atoms with Crippen molar-refractivity contribution in [1.29, 1.82) is 0 Å². The Bertz CT molecular complexity index is 1360. The number of nitrogen functional groups attached to an aromatic ring is 2. The van der Waals surface area contributed by atoms with Crippen LogP contribution in [-0.4, -0.2) is 99.8 Å². The molecule has 1 saturated heterocycles. The zero-order chi connectivity index (χ0) is 28.3. The van der Waals surface area contributed by atoms with Gasteiger partial charge in [-0.3, -0.25) is 18.8 Å². The van der Waals surface area contributed by atoms with Crippen molar-refractivity contribution in [3.8, 4) is 0 Å². The molecule has 0 aromatic carbocycles. The summed E-state index contributed by atoms with van der Waals surface area (Å²) in [5.41, 5.74) is 18.2. The summed E-state index contributed by atoms with van der Waals surface area (Å²) < 4.78 is 13.8. The van der Waals surface area contributed by atoms with Crippen molar-refractivity contribution < 1.29 is 29.6 Å². The molecule has 0 radical (unpaired) electrons. The lowest BCUT2D eigenvalue weighted by atomic mass is 10.1. The predicted octanol–water partition coefficient (Wildman–Crippen LogP) is -2.54. The highest BCUT2D eigenvalue weighted by atomic mass is 16.6. The number of methoxy groups -OCH3 is 1. The number of aromatic nitrogens is 6. The summed E-state index contributed by atoms with van der Waals surface area (Å²) in [5.74, 6) is -0.938. The fourth-order valence-electron chi connectivity index (χ4n) is 4.42. The van der Waals surface area contributed by atoms with Crippen molar-refractivity contribution in [1.82, 2.24) is 34.0 Å². The molecule has 1 aliphatic heterocycles. The van der Waals surface area contributed by atoms with Gasteiger partial charge in [0.25, 0.3) is 0 Å². The Balaban J connectivity index is 1.50. The van der Waals surface area contributed by atoms with Gasteiger partial charge in [0, 0.05) is 38.5 Å². The Labute approximate surface area is 221 Å². The Morgan fingerprint density at radius 1 is 1.21 bits per heavy atom. The third kappa shape index (κ3) is 6.13. The summed E-state index contributed by atoms with van der Waals surface area (Å²) in [6.07, 6.45) is 0.305. The van der Waals surface area contributed by atoms with E-state index in [0.29, 0.717) is 23.3 Å². The number of ether oxygens (including phenoxy) is 2. The normalized spacial score (nSPS) is 22.1. The van der Waals surface area contributed by atoms with Gasteiger partial charge in [0.2, 0.25) is 0 Å². The number of imidazole rings is 1. The van der Waals surface area contributed by atoms with Crippen LogP contribution in [0.15, 0.2) is 23.6 Å². The number of fused-ring (bicyclic) bond motifs is 1. The minimum absolute atomic E-state index is 0.0239. The molecule has 17 heteroatoms. The summed E-state index contributed by atoms with van der Waals surface area (Å²) in [6.45, 7) is 0.736. The van der Waals surface area contributed by atoms with Crippen LogP contribution in [0.5, 0.6) is 0 Å². The predicted molar refractivity (Wildman–Crippen MR) is 136 cm³/mol. The molecule has 5 atom stereocenters. The molecule has 9 N–H and O–H groups in total. The summed E-state index contributed by atoms with van der Waals surface area (Å²) in [5, 5.41) is 30.7. The highest BCUT2D eigenvalue weighted by molar-refractivity contribution is 5.81. The van der Waals surface area contributed by atoms with Crippen molar-refractivity contribution in [2.45, 2.75) is 56.7 Å². The maximum atomic E-state index is 12.1. The molecular formula is C22H32N10O7. The molecular weight excluding hydrogens is 516 g/mol. The fraction of sp³-hybridized carbons (Fsp3) is 0.545. The molecule has 3 aromatic rings. The van der Waals surface area contributed by atoms with Crippen LogP contribution in [0.2, 0.25) is 0 Å². The number of aliphatic hydroxyl groups is 2. The number of rotatable bonds is 12. The number of nitrogens with two attached hydrogens (primary N) is 3. The number of aliphatic hydroxyl groups excluding tert-OH is 2. The van der Waals surface area contributed by atoms with Gasteiger partial charge in [-0.25, -0.2) is 19.7 Å². The van der Waals surface area contributed by atoms with E-state index >= 15 is 0 Å². The van der Waals surface area contributed by atoms with Gasteiger partial charge in [-0.1, -0.05) is 0 Å². The van der Waals surface area contributed by atoms with E-state index < -0.39 is 42.2 Å². The lowest BCUT2D eigenvalue weighted by Gasteiger charge is -2.26.